The number of anilines is 2. The lowest BCUT2D eigenvalue weighted by atomic mass is 10.0. The molecule has 0 aliphatic heterocycles. The van der Waals surface area contributed by atoms with E-state index in [1.54, 1.807) is 12.1 Å². The first-order chi connectivity index (χ1) is 20.2. The van der Waals surface area contributed by atoms with Crippen LogP contribution >= 0.6 is 0 Å². The number of carbonyl (C=O) groups is 3. The molecule has 240 valence electrons. The van der Waals surface area contributed by atoms with Crippen molar-refractivity contribution in [1.29, 1.82) is 0 Å². The van der Waals surface area contributed by atoms with Crippen LogP contribution in [0.2, 0.25) is 0 Å². The van der Waals surface area contributed by atoms with E-state index >= 15 is 0 Å². The van der Waals surface area contributed by atoms with Crippen LogP contribution in [0.25, 0.3) is 0 Å². The predicted octanol–water partition coefficient (Wildman–Crippen LogP) is 8.20. The molecule has 2 amide bonds. The second-order valence-corrected chi connectivity index (χ2v) is 11.9. The molecule has 2 N–H and O–H groups in total. The fourth-order valence-electron chi connectivity index (χ4n) is 4.46. The number of rotatable bonds is 25. The Morgan fingerprint density at radius 3 is 1.50 bits per heavy atom. The molecule has 8 heteroatoms. The van der Waals surface area contributed by atoms with Crippen molar-refractivity contribution in [1.82, 2.24) is 0 Å². The summed E-state index contributed by atoms with van der Waals surface area (Å²) >= 11 is 0. The zero-order chi connectivity index (χ0) is 30.9. The summed E-state index contributed by atoms with van der Waals surface area (Å²) in [5.74, 6) is -0.523. The SMILES string of the molecule is CCCCCCCCCCCCCCCC(=O)Nc1ccccc1NC(=O)CCOCCOCCC(=O)OC(C)(C)C. The number of ether oxygens (including phenoxy) is 3. The summed E-state index contributed by atoms with van der Waals surface area (Å²) in [5, 5.41) is 5.80. The molecule has 42 heavy (non-hydrogen) atoms. The quantitative estimate of drug-likeness (QED) is 0.0879. The number of hydrogen-bond donors (Lipinski definition) is 2. The molecule has 0 aromatic heterocycles. The fourth-order valence-corrected chi connectivity index (χ4v) is 4.46. The maximum absolute atomic E-state index is 12.5. The van der Waals surface area contributed by atoms with Gasteiger partial charge in [-0.25, -0.2) is 0 Å². The molecule has 0 aliphatic rings. The van der Waals surface area contributed by atoms with Gasteiger partial charge in [0.05, 0.1) is 50.6 Å². The van der Waals surface area contributed by atoms with Gasteiger partial charge < -0.3 is 24.8 Å². The predicted molar refractivity (Wildman–Crippen MR) is 171 cm³/mol. The zero-order valence-electron chi connectivity index (χ0n) is 26.9. The largest absolute Gasteiger partial charge is 0.460 e. The maximum atomic E-state index is 12.5. The Morgan fingerprint density at radius 1 is 0.595 bits per heavy atom. The van der Waals surface area contributed by atoms with Crippen LogP contribution in [-0.2, 0) is 28.6 Å². The second kappa shape index (κ2) is 24.0. The van der Waals surface area contributed by atoms with Crippen LogP contribution in [0.4, 0.5) is 11.4 Å². The molecule has 1 aromatic carbocycles. The maximum Gasteiger partial charge on any atom is 0.308 e. The average molecular weight is 591 g/mol. The molecule has 0 radical (unpaired) electrons. The lowest BCUT2D eigenvalue weighted by Gasteiger charge is -2.19. The van der Waals surface area contributed by atoms with Gasteiger partial charge in [-0.2, -0.15) is 0 Å². The van der Waals surface area contributed by atoms with Crippen molar-refractivity contribution >= 4 is 29.2 Å². The minimum absolute atomic E-state index is 0.0326. The van der Waals surface area contributed by atoms with Gasteiger partial charge in [0.25, 0.3) is 0 Å². The molecule has 0 bridgehead atoms. The summed E-state index contributed by atoms with van der Waals surface area (Å²) < 4.78 is 16.1. The third-order valence-electron chi connectivity index (χ3n) is 6.70. The molecule has 0 unspecified atom stereocenters. The highest BCUT2D eigenvalue weighted by molar-refractivity contribution is 5.99. The highest BCUT2D eigenvalue weighted by Crippen LogP contribution is 2.22. The van der Waals surface area contributed by atoms with Gasteiger partial charge in [-0.05, 0) is 39.3 Å². The highest BCUT2D eigenvalue weighted by atomic mass is 16.6. The zero-order valence-corrected chi connectivity index (χ0v) is 26.9. The normalized spacial score (nSPS) is 11.3. The van der Waals surface area contributed by atoms with Crippen molar-refractivity contribution in [3.05, 3.63) is 24.3 Å². The molecule has 0 fully saturated rings. The molecule has 0 saturated carbocycles. The Balaban J connectivity index is 2.11. The Kier molecular flexibility index (Phi) is 21.5. The number of nitrogens with one attached hydrogen (secondary N) is 2. The Morgan fingerprint density at radius 2 is 1.02 bits per heavy atom. The van der Waals surface area contributed by atoms with E-state index in [0.29, 0.717) is 31.0 Å². The minimum atomic E-state index is -0.501. The molecule has 0 aliphatic carbocycles. The molecule has 0 heterocycles. The topological polar surface area (TPSA) is 103 Å². The van der Waals surface area contributed by atoms with Gasteiger partial charge in [0.1, 0.15) is 5.60 Å². The van der Waals surface area contributed by atoms with E-state index < -0.39 is 5.60 Å². The van der Waals surface area contributed by atoms with Crippen molar-refractivity contribution in [2.45, 2.75) is 136 Å². The number of carbonyl (C=O) groups excluding carboxylic acids is 3. The molecule has 0 atom stereocenters. The highest BCUT2D eigenvalue weighted by Gasteiger charge is 2.15. The average Bonchev–Trinajstić information content (AvgIpc) is 2.93. The van der Waals surface area contributed by atoms with E-state index in [4.69, 9.17) is 14.2 Å². The first kappa shape index (κ1) is 37.6. The molecule has 8 nitrogen and oxygen atoms in total. The third kappa shape index (κ3) is 22.2. The van der Waals surface area contributed by atoms with Crippen molar-refractivity contribution in [3.8, 4) is 0 Å². The Hall–Kier alpha value is -2.45. The van der Waals surface area contributed by atoms with Crippen LogP contribution in [0.3, 0.4) is 0 Å². The Bertz CT molecular complexity index is 868. The number of unbranched alkanes of at least 4 members (excludes halogenated alkanes) is 12. The van der Waals surface area contributed by atoms with E-state index in [2.05, 4.69) is 17.6 Å². The summed E-state index contributed by atoms with van der Waals surface area (Å²) in [6, 6.07) is 7.23. The number of esters is 1. The number of benzene rings is 1. The summed E-state index contributed by atoms with van der Waals surface area (Å²) in [4.78, 5) is 36.5. The molecule has 1 rings (SSSR count). The monoisotopic (exact) mass is 590 g/mol. The van der Waals surface area contributed by atoms with Crippen LogP contribution in [0.15, 0.2) is 24.3 Å². The number of hydrogen-bond acceptors (Lipinski definition) is 6. The van der Waals surface area contributed by atoms with Gasteiger partial charge in [0.2, 0.25) is 11.8 Å². The van der Waals surface area contributed by atoms with Crippen LogP contribution in [0.1, 0.15) is 130 Å². The summed E-state index contributed by atoms with van der Waals surface area (Å²) in [6.07, 6.45) is 17.4. The lowest BCUT2D eigenvalue weighted by Crippen LogP contribution is -2.24. The van der Waals surface area contributed by atoms with E-state index in [1.165, 1.54) is 70.6 Å². The molecular formula is C34H58N2O6. The van der Waals surface area contributed by atoms with Crippen LogP contribution in [-0.4, -0.2) is 49.8 Å². The first-order valence-corrected chi connectivity index (χ1v) is 16.3. The first-order valence-electron chi connectivity index (χ1n) is 16.3. The number of para-hydroxylation sites is 2. The lowest BCUT2D eigenvalue weighted by molar-refractivity contribution is -0.156. The van der Waals surface area contributed by atoms with Crippen LogP contribution in [0.5, 0.6) is 0 Å². The van der Waals surface area contributed by atoms with E-state index in [9.17, 15) is 14.4 Å². The standard InChI is InChI=1S/C34H58N2O6/c1-5-6-7-8-9-10-11-12-13-14-15-16-17-22-31(37)35-29-20-18-19-21-30(29)36-32(38)23-25-40-27-28-41-26-24-33(39)42-34(2,3)4/h18-21H,5-17,22-28H2,1-4H3,(H,35,37)(H,36,38). The molecule has 0 saturated heterocycles. The van der Waals surface area contributed by atoms with Crippen molar-refractivity contribution in [3.63, 3.8) is 0 Å². The van der Waals surface area contributed by atoms with E-state index in [-0.39, 0.29) is 43.8 Å². The smallest absolute Gasteiger partial charge is 0.308 e. The van der Waals surface area contributed by atoms with Crippen molar-refractivity contribution in [2.24, 2.45) is 0 Å². The second-order valence-electron chi connectivity index (χ2n) is 11.9. The molecular weight excluding hydrogens is 532 g/mol. The van der Waals surface area contributed by atoms with Crippen molar-refractivity contribution in [2.75, 3.05) is 37.1 Å². The molecule has 0 spiro atoms. The van der Waals surface area contributed by atoms with Crippen LogP contribution in [0, 0.1) is 0 Å². The Labute approximate surface area is 255 Å². The van der Waals surface area contributed by atoms with Gasteiger partial charge >= 0.3 is 5.97 Å². The fraction of sp³-hybridized carbons (Fsp3) is 0.735. The van der Waals surface area contributed by atoms with Gasteiger partial charge in [-0.15, -0.1) is 0 Å². The van der Waals surface area contributed by atoms with Gasteiger partial charge in [-0.3, -0.25) is 14.4 Å². The van der Waals surface area contributed by atoms with Gasteiger partial charge in [0.15, 0.2) is 0 Å². The number of amides is 2. The summed E-state index contributed by atoms with van der Waals surface area (Å²) in [7, 11) is 0. The van der Waals surface area contributed by atoms with Crippen molar-refractivity contribution < 1.29 is 28.6 Å². The van der Waals surface area contributed by atoms with Gasteiger partial charge in [0, 0.05) is 6.42 Å². The summed E-state index contributed by atoms with van der Waals surface area (Å²) in [5.41, 5.74) is 0.676. The van der Waals surface area contributed by atoms with E-state index in [1.807, 2.05) is 32.9 Å². The van der Waals surface area contributed by atoms with E-state index in [0.717, 1.165) is 12.8 Å². The van der Waals surface area contributed by atoms with Gasteiger partial charge in [-0.1, -0.05) is 96.1 Å². The minimum Gasteiger partial charge on any atom is -0.460 e. The third-order valence-corrected chi connectivity index (χ3v) is 6.70. The summed E-state index contributed by atoms with van der Waals surface area (Å²) in [6.45, 7) is 8.90. The van der Waals surface area contributed by atoms with Crippen LogP contribution < -0.4 is 10.6 Å². The molecule has 1 aromatic rings.